The van der Waals surface area contributed by atoms with Crippen LogP contribution in [0.3, 0.4) is 0 Å². The maximum absolute atomic E-state index is 13.3. The fourth-order valence-electron chi connectivity index (χ4n) is 4.02. The number of rotatable bonds is 5. The molecule has 1 N–H and O–H groups in total. The molecule has 166 valence electrons. The van der Waals surface area contributed by atoms with Crippen LogP contribution < -0.4 is 10.2 Å². The average Bonchev–Trinajstić information content (AvgIpc) is 2.71. The summed E-state index contributed by atoms with van der Waals surface area (Å²) in [6.07, 6.45) is 11.1. The second kappa shape index (κ2) is 8.34. The zero-order valence-electron chi connectivity index (χ0n) is 19.4. The van der Waals surface area contributed by atoms with Crippen LogP contribution in [0, 0.1) is 0 Å². The molecule has 3 aromatic rings. The summed E-state index contributed by atoms with van der Waals surface area (Å²) in [5, 5.41) is 10.8. The number of phenols is 1. The first kappa shape index (κ1) is 21.9. The minimum atomic E-state index is -0.451. The van der Waals surface area contributed by atoms with Crippen molar-refractivity contribution in [3.63, 3.8) is 0 Å². The van der Waals surface area contributed by atoms with E-state index in [1.165, 1.54) is 23.3 Å². The smallest absolute Gasteiger partial charge is 0.200 e. The van der Waals surface area contributed by atoms with Crippen LogP contribution in [0.25, 0.3) is 28.0 Å². The molecule has 2 aromatic carbocycles. The normalized spacial score (nSPS) is 15.0. The lowest BCUT2D eigenvalue weighted by atomic mass is 9.95. The number of phenolic OH excluding ortho intramolecular Hbond substituents is 1. The van der Waals surface area contributed by atoms with Crippen LogP contribution in [-0.4, -0.2) is 10.7 Å². The molecular weight excluding hydrogens is 400 g/mol. The molecule has 2 heterocycles. The molecule has 4 nitrogen and oxygen atoms in total. The van der Waals surface area contributed by atoms with Crippen molar-refractivity contribution in [2.45, 2.75) is 59.5 Å². The van der Waals surface area contributed by atoms with E-state index in [4.69, 9.17) is 9.15 Å². The maximum Gasteiger partial charge on any atom is 0.200 e. The summed E-state index contributed by atoms with van der Waals surface area (Å²) in [5.74, 6) is 0.813. The Morgan fingerprint density at radius 1 is 1.09 bits per heavy atom. The molecule has 0 unspecified atom stereocenters. The van der Waals surface area contributed by atoms with E-state index < -0.39 is 5.60 Å². The van der Waals surface area contributed by atoms with Crippen LogP contribution in [0.2, 0.25) is 0 Å². The summed E-state index contributed by atoms with van der Waals surface area (Å²) in [4.78, 5) is 13.3. The Hall–Kier alpha value is -3.27. The monoisotopic (exact) mass is 430 g/mol. The highest BCUT2D eigenvalue weighted by Crippen LogP contribution is 2.40. The number of hydrogen-bond acceptors (Lipinski definition) is 4. The molecule has 0 fully saturated rings. The SMILES string of the molecule is CC(C)=CCCC(C)=CCc1cc2c(=O)c3ccc(O)cc3oc2c2c1OC(C)(C)C=C2. The zero-order valence-corrected chi connectivity index (χ0v) is 19.4. The average molecular weight is 431 g/mol. The molecule has 0 saturated carbocycles. The van der Waals surface area contributed by atoms with Gasteiger partial charge < -0.3 is 14.3 Å². The van der Waals surface area contributed by atoms with Gasteiger partial charge in [-0.05, 0) is 89.8 Å². The molecule has 0 atom stereocenters. The van der Waals surface area contributed by atoms with Gasteiger partial charge >= 0.3 is 0 Å². The molecular formula is C28H30O4. The van der Waals surface area contributed by atoms with Crippen molar-refractivity contribution in [1.82, 2.24) is 0 Å². The predicted octanol–water partition coefficient (Wildman–Crippen LogP) is 7.07. The fourth-order valence-corrected chi connectivity index (χ4v) is 4.02. The topological polar surface area (TPSA) is 59.7 Å². The lowest BCUT2D eigenvalue weighted by Crippen LogP contribution is -2.28. The lowest BCUT2D eigenvalue weighted by molar-refractivity contribution is 0.157. The van der Waals surface area contributed by atoms with E-state index in [9.17, 15) is 9.90 Å². The summed E-state index contributed by atoms with van der Waals surface area (Å²) in [6, 6.07) is 6.50. The molecule has 1 aromatic heterocycles. The van der Waals surface area contributed by atoms with Gasteiger partial charge in [0.05, 0.1) is 16.3 Å². The lowest BCUT2D eigenvalue weighted by Gasteiger charge is -2.29. The Balaban J connectivity index is 1.86. The highest BCUT2D eigenvalue weighted by atomic mass is 16.5. The van der Waals surface area contributed by atoms with Crippen LogP contribution in [0.1, 0.15) is 58.6 Å². The van der Waals surface area contributed by atoms with Crippen molar-refractivity contribution < 1.29 is 14.3 Å². The second-order valence-corrected chi connectivity index (χ2v) is 9.38. The molecule has 0 amide bonds. The molecule has 0 spiro atoms. The maximum atomic E-state index is 13.3. The summed E-state index contributed by atoms with van der Waals surface area (Å²) in [5.41, 5.74) is 4.68. The third kappa shape index (κ3) is 4.36. The number of fused-ring (bicyclic) bond motifs is 4. The van der Waals surface area contributed by atoms with Gasteiger partial charge in [-0.1, -0.05) is 23.3 Å². The van der Waals surface area contributed by atoms with Crippen molar-refractivity contribution >= 4 is 28.0 Å². The number of benzene rings is 2. The van der Waals surface area contributed by atoms with Crippen molar-refractivity contribution in [1.29, 1.82) is 0 Å². The van der Waals surface area contributed by atoms with E-state index in [1.807, 2.05) is 32.1 Å². The summed E-state index contributed by atoms with van der Waals surface area (Å²) in [6.45, 7) is 10.4. The minimum absolute atomic E-state index is 0.0622. The van der Waals surface area contributed by atoms with Crippen molar-refractivity contribution in [3.05, 3.63) is 75.0 Å². The van der Waals surface area contributed by atoms with Gasteiger partial charge in [-0.25, -0.2) is 0 Å². The molecule has 4 heteroatoms. The second-order valence-electron chi connectivity index (χ2n) is 9.38. The Kier molecular flexibility index (Phi) is 5.72. The molecule has 0 saturated heterocycles. The van der Waals surface area contributed by atoms with Gasteiger partial charge in [0.25, 0.3) is 0 Å². The first-order chi connectivity index (χ1) is 15.1. The predicted molar refractivity (Wildman–Crippen MR) is 132 cm³/mol. The summed E-state index contributed by atoms with van der Waals surface area (Å²) < 4.78 is 12.5. The van der Waals surface area contributed by atoms with Gasteiger partial charge in [0.2, 0.25) is 5.43 Å². The first-order valence-corrected chi connectivity index (χ1v) is 11.1. The van der Waals surface area contributed by atoms with Crippen molar-refractivity contribution in [2.75, 3.05) is 0 Å². The number of allylic oxidation sites excluding steroid dienone is 4. The largest absolute Gasteiger partial charge is 0.508 e. The minimum Gasteiger partial charge on any atom is -0.508 e. The summed E-state index contributed by atoms with van der Waals surface area (Å²) >= 11 is 0. The van der Waals surface area contributed by atoms with Gasteiger partial charge in [-0.3, -0.25) is 4.79 Å². The van der Waals surface area contributed by atoms with E-state index in [2.05, 4.69) is 32.9 Å². The zero-order chi connectivity index (χ0) is 23.0. The Bertz CT molecular complexity index is 1350. The van der Waals surface area contributed by atoms with Gasteiger partial charge in [-0.15, -0.1) is 0 Å². The summed E-state index contributed by atoms with van der Waals surface area (Å²) in [7, 11) is 0. The van der Waals surface area contributed by atoms with Crippen LogP contribution >= 0.6 is 0 Å². The van der Waals surface area contributed by atoms with Gasteiger partial charge in [0.1, 0.15) is 28.3 Å². The number of ether oxygens (including phenoxy) is 1. The molecule has 0 radical (unpaired) electrons. The molecule has 0 aliphatic carbocycles. The molecule has 0 bridgehead atoms. The van der Waals surface area contributed by atoms with E-state index in [0.29, 0.717) is 28.4 Å². The Morgan fingerprint density at radius 3 is 2.62 bits per heavy atom. The van der Waals surface area contributed by atoms with E-state index in [0.717, 1.165) is 29.7 Å². The Morgan fingerprint density at radius 2 is 1.88 bits per heavy atom. The highest BCUT2D eigenvalue weighted by Gasteiger charge is 2.27. The molecule has 1 aliphatic heterocycles. The van der Waals surface area contributed by atoms with Crippen molar-refractivity contribution in [2.24, 2.45) is 0 Å². The van der Waals surface area contributed by atoms with E-state index >= 15 is 0 Å². The van der Waals surface area contributed by atoms with Crippen LogP contribution in [0.15, 0.2) is 62.9 Å². The van der Waals surface area contributed by atoms with Gasteiger partial charge in [0.15, 0.2) is 0 Å². The Labute approximate surface area is 188 Å². The van der Waals surface area contributed by atoms with Gasteiger partial charge in [0, 0.05) is 6.07 Å². The van der Waals surface area contributed by atoms with Crippen LogP contribution in [0.5, 0.6) is 11.5 Å². The number of hydrogen-bond donors (Lipinski definition) is 1. The van der Waals surface area contributed by atoms with Gasteiger partial charge in [-0.2, -0.15) is 0 Å². The first-order valence-electron chi connectivity index (χ1n) is 11.1. The quantitative estimate of drug-likeness (QED) is 0.347. The third-order valence-electron chi connectivity index (χ3n) is 5.79. The van der Waals surface area contributed by atoms with Crippen LogP contribution in [0.4, 0.5) is 0 Å². The molecule has 4 rings (SSSR count). The number of aromatic hydroxyl groups is 1. The molecule has 32 heavy (non-hydrogen) atoms. The third-order valence-corrected chi connectivity index (χ3v) is 5.79. The molecule has 1 aliphatic rings. The highest BCUT2D eigenvalue weighted by molar-refractivity contribution is 5.96. The van der Waals surface area contributed by atoms with Crippen molar-refractivity contribution in [3.8, 4) is 11.5 Å². The van der Waals surface area contributed by atoms with E-state index in [1.54, 1.807) is 6.07 Å². The fraction of sp³-hybridized carbons (Fsp3) is 0.321. The van der Waals surface area contributed by atoms with E-state index in [-0.39, 0.29) is 11.2 Å². The van der Waals surface area contributed by atoms with Crippen LogP contribution in [-0.2, 0) is 6.42 Å². The standard InChI is InChI=1S/C28H30O4/c1-17(2)7-6-8-18(3)9-10-19-15-23-25(30)21-12-11-20(29)16-24(21)31-27(23)22-13-14-28(4,5)32-26(19)22/h7,9,11-16,29H,6,8,10H2,1-5H3.